The zero-order valence-corrected chi connectivity index (χ0v) is 17.3. The van der Waals surface area contributed by atoms with Crippen LogP contribution in [0.15, 0.2) is 34.3 Å². The van der Waals surface area contributed by atoms with E-state index in [4.69, 9.17) is 69.6 Å². The number of amides is 2. The van der Waals surface area contributed by atoms with Gasteiger partial charge in [-0.1, -0.05) is 58.5 Å². The summed E-state index contributed by atoms with van der Waals surface area (Å²) in [6.07, 6.45) is 0. The van der Waals surface area contributed by atoms with E-state index < -0.39 is 48.3 Å². The van der Waals surface area contributed by atoms with Crippen LogP contribution in [0.1, 0.15) is 0 Å². The predicted molar refractivity (Wildman–Crippen MR) is 103 cm³/mol. The van der Waals surface area contributed by atoms with Gasteiger partial charge in [-0.3, -0.25) is 19.7 Å². The molecule has 1 aromatic rings. The van der Waals surface area contributed by atoms with Crippen molar-refractivity contribution in [2.45, 2.75) is 14.1 Å². The predicted octanol–water partition coefficient (Wildman–Crippen LogP) is 4.55. The Bertz CT molecular complexity index is 935. The van der Waals surface area contributed by atoms with E-state index in [2.05, 4.69) is 0 Å². The molecule has 27 heavy (non-hydrogen) atoms. The van der Waals surface area contributed by atoms with Gasteiger partial charge in [0, 0.05) is 6.07 Å². The number of benzene rings is 1. The fraction of sp³-hybridized carbons (Fsp3) is 0.333. The first-order chi connectivity index (χ1) is 12.4. The number of imide groups is 1. The Kier molecular flexibility index (Phi) is 4.09. The van der Waals surface area contributed by atoms with Crippen LogP contribution in [0.25, 0.3) is 0 Å². The maximum atomic E-state index is 13.1. The third-order valence-corrected chi connectivity index (χ3v) is 9.49. The lowest BCUT2D eigenvalue weighted by atomic mass is 9.84. The third-order valence-electron chi connectivity index (χ3n) is 5.23. The lowest BCUT2D eigenvalue weighted by molar-refractivity contribution is -0.384. The van der Waals surface area contributed by atoms with Crippen molar-refractivity contribution in [2.75, 3.05) is 4.90 Å². The molecule has 1 heterocycles. The first kappa shape index (κ1) is 19.6. The molecule has 0 unspecified atom stereocenters. The largest absolute Gasteiger partial charge is 0.293 e. The molecule has 2 bridgehead atoms. The molecule has 3 aliphatic rings. The van der Waals surface area contributed by atoms with Crippen LogP contribution in [-0.4, -0.2) is 30.8 Å². The second kappa shape index (κ2) is 5.65. The van der Waals surface area contributed by atoms with Gasteiger partial charge in [0.25, 0.3) is 5.69 Å². The molecule has 2 amide bonds. The second-order valence-electron chi connectivity index (χ2n) is 6.34. The number of hydrogen-bond donors (Lipinski definition) is 0. The summed E-state index contributed by atoms with van der Waals surface area (Å²) in [5, 5.41) is 10.9. The Labute approximate surface area is 182 Å². The quantitative estimate of drug-likeness (QED) is 0.264. The summed E-state index contributed by atoms with van der Waals surface area (Å²) >= 11 is 38.3. The number of anilines is 1. The first-order valence-electron chi connectivity index (χ1n) is 7.37. The monoisotopic (exact) mass is 488 g/mol. The Balaban J connectivity index is 1.93. The van der Waals surface area contributed by atoms with Crippen LogP contribution >= 0.6 is 69.6 Å². The van der Waals surface area contributed by atoms with Gasteiger partial charge in [-0.2, -0.15) is 0 Å². The molecule has 2 aliphatic carbocycles. The maximum absolute atomic E-state index is 13.1. The SMILES string of the molecule is O=C1[C@@H]2[C@H](C(=O)N1c1ccccc1[N+](=O)[O-])[C@@]1(Cl)C(Cl)=C(Cl)[C@@]2(Cl)C1(Cl)Cl. The summed E-state index contributed by atoms with van der Waals surface area (Å²) in [7, 11) is 0. The average molecular weight is 491 g/mol. The molecule has 6 nitrogen and oxygen atoms in total. The molecule has 4 rings (SSSR count). The highest BCUT2D eigenvalue weighted by Crippen LogP contribution is 2.77. The van der Waals surface area contributed by atoms with Crippen LogP contribution < -0.4 is 4.90 Å². The maximum Gasteiger partial charge on any atom is 0.293 e. The Morgan fingerprint density at radius 3 is 1.81 bits per heavy atom. The molecule has 1 saturated carbocycles. The number of allylic oxidation sites excluding steroid dienone is 2. The number of alkyl halides is 4. The van der Waals surface area contributed by atoms with Crippen LogP contribution in [-0.2, 0) is 9.59 Å². The van der Waals surface area contributed by atoms with Crippen molar-refractivity contribution in [1.29, 1.82) is 0 Å². The lowest BCUT2D eigenvalue weighted by Crippen LogP contribution is -2.50. The molecule has 4 atom stereocenters. The Morgan fingerprint density at radius 1 is 0.926 bits per heavy atom. The molecule has 12 heteroatoms. The topological polar surface area (TPSA) is 80.5 Å². The van der Waals surface area contributed by atoms with Gasteiger partial charge in [0.15, 0.2) is 4.33 Å². The summed E-state index contributed by atoms with van der Waals surface area (Å²) in [5.41, 5.74) is -0.652. The number of nitro benzene ring substituents is 1. The minimum atomic E-state index is -2.05. The molecule has 0 N–H and O–H groups in total. The normalized spacial score (nSPS) is 36.6. The highest BCUT2D eigenvalue weighted by Gasteiger charge is 2.87. The number of carbonyl (C=O) groups is 2. The minimum absolute atomic E-state index is 0.214. The molecule has 1 aliphatic heterocycles. The smallest absolute Gasteiger partial charge is 0.274 e. The van der Waals surface area contributed by atoms with Crippen LogP contribution in [0.5, 0.6) is 0 Å². The number of fused-ring (bicyclic) bond motifs is 5. The van der Waals surface area contributed by atoms with Crippen LogP contribution in [0, 0.1) is 22.0 Å². The minimum Gasteiger partial charge on any atom is -0.274 e. The molecule has 142 valence electrons. The summed E-state index contributed by atoms with van der Waals surface area (Å²) in [6.45, 7) is 0. The van der Waals surface area contributed by atoms with Crippen molar-refractivity contribution in [3.63, 3.8) is 0 Å². The van der Waals surface area contributed by atoms with Crippen molar-refractivity contribution in [1.82, 2.24) is 0 Å². The van der Waals surface area contributed by atoms with E-state index in [1.165, 1.54) is 18.2 Å². The zero-order chi connectivity index (χ0) is 20.1. The molecule has 2 fully saturated rings. The van der Waals surface area contributed by atoms with Gasteiger partial charge >= 0.3 is 0 Å². The van der Waals surface area contributed by atoms with Crippen molar-refractivity contribution < 1.29 is 14.5 Å². The van der Waals surface area contributed by atoms with E-state index >= 15 is 0 Å². The number of hydrogen-bond acceptors (Lipinski definition) is 4. The van der Waals surface area contributed by atoms with E-state index in [9.17, 15) is 19.7 Å². The van der Waals surface area contributed by atoms with Gasteiger partial charge in [0.1, 0.15) is 15.4 Å². The number of nitrogens with zero attached hydrogens (tertiary/aromatic N) is 2. The van der Waals surface area contributed by atoms with Gasteiger partial charge in [-0.25, -0.2) is 4.90 Å². The summed E-state index contributed by atoms with van der Waals surface area (Å²) in [5.74, 6) is -4.36. The van der Waals surface area contributed by atoms with Gasteiger partial charge < -0.3 is 0 Å². The van der Waals surface area contributed by atoms with Crippen LogP contribution in [0.2, 0.25) is 0 Å². The molecular formula is C15H6Cl6N2O4. The molecule has 0 spiro atoms. The third kappa shape index (κ3) is 1.92. The standard InChI is InChI=1S/C15H6Cl6N2O4/c16-9-10(17)14(19)8-7(13(9,18)15(14,20)21)11(24)22(12(8)25)5-3-1-2-4-6(5)23(26)27/h1-4,7-8H/t7-,8+,13-,14-/m1/s1. The van der Waals surface area contributed by atoms with Crippen molar-refractivity contribution in [3.8, 4) is 0 Å². The molecule has 0 aromatic heterocycles. The number of carbonyl (C=O) groups excluding carboxylic acids is 2. The summed E-state index contributed by atoms with van der Waals surface area (Å²) in [6, 6.07) is 5.28. The highest BCUT2D eigenvalue weighted by molar-refractivity contribution is 6.67. The summed E-state index contributed by atoms with van der Waals surface area (Å²) < 4.78 is -2.05. The highest BCUT2D eigenvalue weighted by atomic mass is 35.5. The van der Waals surface area contributed by atoms with Crippen LogP contribution in [0.4, 0.5) is 11.4 Å². The number of rotatable bonds is 2. The average Bonchev–Trinajstić information content (AvgIpc) is 2.99. The van der Waals surface area contributed by atoms with Gasteiger partial charge in [0.2, 0.25) is 11.8 Å². The number of para-hydroxylation sites is 2. The lowest BCUT2D eigenvalue weighted by Gasteiger charge is -2.34. The van der Waals surface area contributed by atoms with Crippen LogP contribution in [0.3, 0.4) is 0 Å². The fourth-order valence-corrected chi connectivity index (χ4v) is 6.97. The number of halogens is 6. The molecule has 0 radical (unpaired) electrons. The zero-order valence-electron chi connectivity index (χ0n) is 12.8. The second-order valence-corrected chi connectivity index (χ2v) is 9.61. The molecule has 1 saturated heterocycles. The van der Waals surface area contributed by atoms with E-state index in [1.807, 2.05) is 0 Å². The Hall–Kier alpha value is -0.760. The van der Waals surface area contributed by atoms with E-state index in [1.54, 1.807) is 0 Å². The van der Waals surface area contributed by atoms with Gasteiger partial charge in [-0.15, -0.1) is 23.2 Å². The Morgan fingerprint density at radius 2 is 1.37 bits per heavy atom. The van der Waals surface area contributed by atoms with E-state index in [-0.39, 0.29) is 15.8 Å². The number of nitro groups is 1. The van der Waals surface area contributed by atoms with E-state index in [0.29, 0.717) is 4.90 Å². The fourth-order valence-electron chi connectivity index (χ4n) is 4.04. The van der Waals surface area contributed by atoms with Crippen molar-refractivity contribution >= 4 is 92.8 Å². The molecule has 1 aromatic carbocycles. The molecular weight excluding hydrogens is 485 g/mol. The first-order valence-corrected chi connectivity index (χ1v) is 9.63. The van der Waals surface area contributed by atoms with Crippen molar-refractivity contribution in [3.05, 3.63) is 44.4 Å². The van der Waals surface area contributed by atoms with Gasteiger partial charge in [-0.05, 0) is 6.07 Å². The van der Waals surface area contributed by atoms with Gasteiger partial charge in [0.05, 0.1) is 26.8 Å². The summed E-state index contributed by atoms with van der Waals surface area (Å²) in [4.78, 5) is 33.7. The van der Waals surface area contributed by atoms with Crippen molar-refractivity contribution in [2.24, 2.45) is 11.8 Å². The van der Waals surface area contributed by atoms with E-state index in [0.717, 1.165) is 6.07 Å².